The molecule has 0 aliphatic heterocycles. The normalized spacial score (nSPS) is 12.6. The van der Waals surface area contributed by atoms with Gasteiger partial charge in [0, 0.05) is 18.2 Å². The maximum Gasteiger partial charge on any atom is 0.408 e. The first kappa shape index (κ1) is 15.7. The molecule has 0 unspecified atom stereocenters. The fraction of sp³-hybridized carbons (Fsp3) is 0.429. The van der Waals surface area contributed by atoms with Gasteiger partial charge in [-0.1, -0.05) is 6.08 Å². The van der Waals surface area contributed by atoms with E-state index in [0.717, 1.165) is 5.56 Å². The second-order valence-corrected chi connectivity index (χ2v) is 6.02. The van der Waals surface area contributed by atoms with E-state index in [9.17, 15) is 4.79 Å². The number of carbonyl (C=O) groups excluding carboxylic acids is 1. The molecule has 0 aromatic carbocycles. The number of hydrogen-bond acceptors (Lipinski definition) is 3. The smallest absolute Gasteiger partial charge is 0.408 e. The number of carbonyl (C=O) groups is 1. The standard InChI is InChI=1S/C14H19BrN2O2/c1-5-6-11(10-7-8-16-12(15)9-10)19-13(18)17-14(2,3)4/h5,7-9,11H,1,6H2,2-4H3,(H,17,18)/t11-/m0/s1. The topological polar surface area (TPSA) is 51.2 Å². The zero-order valence-corrected chi connectivity index (χ0v) is 13.0. The Balaban J connectivity index is 2.78. The molecule has 0 fully saturated rings. The Morgan fingerprint density at radius 2 is 2.32 bits per heavy atom. The SMILES string of the molecule is C=CC[C@H](OC(=O)NC(C)(C)C)c1ccnc(Br)c1. The molecular weight excluding hydrogens is 308 g/mol. The molecule has 104 valence electrons. The predicted octanol–water partition coefficient (Wildman–Crippen LogP) is 3.99. The van der Waals surface area contributed by atoms with Crippen LogP contribution < -0.4 is 5.32 Å². The summed E-state index contributed by atoms with van der Waals surface area (Å²) >= 11 is 3.30. The first-order chi connectivity index (χ1) is 8.81. The van der Waals surface area contributed by atoms with Crippen LogP contribution in [0.25, 0.3) is 0 Å². The molecule has 0 saturated heterocycles. The van der Waals surface area contributed by atoms with Crippen LogP contribution >= 0.6 is 15.9 Å². The lowest BCUT2D eigenvalue weighted by Gasteiger charge is -2.23. The minimum Gasteiger partial charge on any atom is -0.441 e. The van der Waals surface area contributed by atoms with Gasteiger partial charge in [0.05, 0.1) is 0 Å². The zero-order valence-electron chi connectivity index (χ0n) is 11.4. The van der Waals surface area contributed by atoms with Crippen LogP contribution in [0, 0.1) is 0 Å². The Morgan fingerprint density at radius 1 is 1.63 bits per heavy atom. The average molecular weight is 327 g/mol. The summed E-state index contributed by atoms with van der Waals surface area (Å²) in [6.07, 6.45) is 3.14. The summed E-state index contributed by atoms with van der Waals surface area (Å²) in [5.41, 5.74) is 0.556. The molecule has 1 rings (SSSR count). The molecule has 19 heavy (non-hydrogen) atoms. The van der Waals surface area contributed by atoms with E-state index < -0.39 is 6.09 Å². The molecular formula is C14H19BrN2O2. The van der Waals surface area contributed by atoms with Crippen LogP contribution in [0.4, 0.5) is 4.79 Å². The molecule has 0 aliphatic rings. The third-order valence-corrected chi connectivity index (χ3v) is 2.66. The highest BCUT2D eigenvalue weighted by Gasteiger charge is 2.20. The largest absolute Gasteiger partial charge is 0.441 e. The number of pyridine rings is 1. The Kier molecular flexibility index (Phi) is 5.54. The number of aromatic nitrogens is 1. The minimum absolute atomic E-state index is 0.325. The zero-order chi connectivity index (χ0) is 14.5. The summed E-state index contributed by atoms with van der Waals surface area (Å²) in [5.74, 6) is 0. The van der Waals surface area contributed by atoms with Crippen molar-refractivity contribution in [3.63, 3.8) is 0 Å². The van der Waals surface area contributed by atoms with Gasteiger partial charge in [-0.05, 0) is 54.4 Å². The summed E-state index contributed by atoms with van der Waals surface area (Å²) in [6.45, 7) is 9.40. The van der Waals surface area contributed by atoms with Crippen LogP contribution in [0.3, 0.4) is 0 Å². The maximum atomic E-state index is 11.8. The van der Waals surface area contributed by atoms with Crippen molar-refractivity contribution < 1.29 is 9.53 Å². The molecule has 1 aromatic heterocycles. The van der Waals surface area contributed by atoms with Crippen molar-refractivity contribution in [1.82, 2.24) is 10.3 Å². The second kappa shape index (κ2) is 6.70. The van der Waals surface area contributed by atoms with E-state index in [1.54, 1.807) is 12.3 Å². The highest BCUT2D eigenvalue weighted by molar-refractivity contribution is 9.10. The predicted molar refractivity (Wildman–Crippen MR) is 78.9 cm³/mol. The number of ether oxygens (including phenoxy) is 1. The van der Waals surface area contributed by atoms with Gasteiger partial charge in [0.25, 0.3) is 0 Å². The Morgan fingerprint density at radius 3 is 2.84 bits per heavy atom. The molecule has 1 heterocycles. The number of alkyl carbamates (subject to hydrolysis) is 1. The molecule has 0 saturated carbocycles. The van der Waals surface area contributed by atoms with Crippen molar-refractivity contribution in [3.05, 3.63) is 41.2 Å². The van der Waals surface area contributed by atoms with E-state index >= 15 is 0 Å². The molecule has 1 N–H and O–H groups in total. The third kappa shape index (κ3) is 5.87. The van der Waals surface area contributed by atoms with Crippen LogP contribution in [0.5, 0.6) is 0 Å². The van der Waals surface area contributed by atoms with Gasteiger partial charge in [0.2, 0.25) is 0 Å². The fourth-order valence-corrected chi connectivity index (χ4v) is 1.87. The highest BCUT2D eigenvalue weighted by atomic mass is 79.9. The van der Waals surface area contributed by atoms with Crippen molar-refractivity contribution in [1.29, 1.82) is 0 Å². The van der Waals surface area contributed by atoms with Crippen molar-refractivity contribution in [2.45, 2.75) is 38.8 Å². The fourth-order valence-electron chi connectivity index (χ4n) is 1.49. The lowest BCUT2D eigenvalue weighted by Crippen LogP contribution is -2.41. The summed E-state index contributed by atoms with van der Waals surface area (Å²) < 4.78 is 6.15. The Labute approximate surface area is 122 Å². The van der Waals surface area contributed by atoms with E-state index in [1.165, 1.54) is 0 Å². The summed E-state index contributed by atoms with van der Waals surface area (Å²) in [6, 6.07) is 3.65. The van der Waals surface area contributed by atoms with Gasteiger partial charge in [-0.3, -0.25) is 0 Å². The molecule has 0 radical (unpaired) electrons. The number of halogens is 1. The first-order valence-corrected chi connectivity index (χ1v) is 6.82. The van der Waals surface area contributed by atoms with Gasteiger partial charge >= 0.3 is 6.09 Å². The van der Waals surface area contributed by atoms with Gasteiger partial charge in [0.15, 0.2) is 0 Å². The Hall–Kier alpha value is -1.36. The molecule has 0 spiro atoms. The third-order valence-electron chi connectivity index (χ3n) is 2.23. The van der Waals surface area contributed by atoms with Crippen LogP contribution in [0.2, 0.25) is 0 Å². The monoisotopic (exact) mass is 326 g/mol. The van der Waals surface area contributed by atoms with Crippen molar-refractivity contribution >= 4 is 22.0 Å². The average Bonchev–Trinajstić information content (AvgIpc) is 2.26. The lowest BCUT2D eigenvalue weighted by atomic mass is 10.1. The molecule has 5 heteroatoms. The maximum absolute atomic E-state index is 11.8. The van der Waals surface area contributed by atoms with E-state index in [2.05, 4.69) is 32.8 Å². The lowest BCUT2D eigenvalue weighted by molar-refractivity contribution is 0.0923. The number of amides is 1. The van der Waals surface area contributed by atoms with E-state index in [0.29, 0.717) is 11.0 Å². The van der Waals surface area contributed by atoms with Gasteiger partial charge < -0.3 is 10.1 Å². The number of hydrogen-bond donors (Lipinski definition) is 1. The molecule has 0 aliphatic carbocycles. The van der Waals surface area contributed by atoms with E-state index in [4.69, 9.17) is 4.74 Å². The van der Waals surface area contributed by atoms with E-state index in [-0.39, 0.29) is 11.6 Å². The van der Waals surface area contributed by atoms with Crippen LogP contribution in [0.1, 0.15) is 38.9 Å². The number of rotatable bonds is 4. The van der Waals surface area contributed by atoms with Crippen LogP contribution in [-0.2, 0) is 4.74 Å². The van der Waals surface area contributed by atoms with Gasteiger partial charge in [0.1, 0.15) is 10.7 Å². The van der Waals surface area contributed by atoms with Crippen molar-refractivity contribution in [2.75, 3.05) is 0 Å². The van der Waals surface area contributed by atoms with Gasteiger partial charge in [-0.25, -0.2) is 9.78 Å². The number of nitrogens with zero attached hydrogens (tertiary/aromatic N) is 1. The van der Waals surface area contributed by atoms with E-state index in [1.807, 2.05) is 32.9 Å². The Bertz CT molecular complexity index is 455. The molecule has 1 aromatic rings. The second-order valence-electron chi connectivity index (χ2n) is 5.21. The van der Waals surface area contributed by atoms with Crippen molar-refractivity contribution in [3.8, 4) is 0 Å². The van der Waals surface area contributed by atoms with Crippen molar-refractivity contribution in [2.24, 2.45) is 0 Å². The summed E-state index contributed by atoms with van der Waals surface area (Å²) in [4.78, 5) is 15.9. The molecule has 1 amide bonds. The molecule has 1 atom stereocenters. The minimum atomic E-state index is -0.438. The summed E-state index contributed by atoms with van der Waals surface area (Å²) in [7, 11) is 0. The molecule has 4 nitrogen and oxygen atoms in total. The quantitative estimate of drug-likeness (QED) is 0.672. The molecule has 0 bridgehead atoms. The first-order valence-electron chi connectivity index (χ1n) is 6.03. The van der Waals surface area contributed by atoms with Gasteiger partial charge in [-0.2, -0.15) is 0 Å². The van der Waals surface area contributed by atoms with Crippen LogP contribution in [0.15, 0.2) is 35.6 Å². The number of nitrogens with one attached hydrogen (secondary N) is 1. The highest BCUT2D eigenvalue weighted by Crippen LogP contribution is 2.23. The van der Waals surface area contributed by atoms with Crippen LogP contribution in [-0.4, -0.2) is 16.6 Å². The van der Waals surface area contributed by atoms with Gasteiger partial charge in [-0.15, -0.1) is 6.58 Å². The summed E-state index contributed by atoms with van der Waals surface area (Å²) in [5, 5.41) is 2.77.